The highest BCUT2D eigenvalue weighted by molar-refractivity contribution is 5.92. The Bertz CT molecular complexity index is 609. The van der Waals surface area contributed by atoms with E-state index in [4.69, 9.17) is 0 Å². The van der Waals surface area contributed by atoms with E-state index in [1.807, 2.05) is 44.2 Å². The van der Waals surface area contributed by atoms with Crippen molar-refractivity contribution in [3.8, 4) is 11.4 Å². The summed E-state index contributed by atoms with van der Waals surface area (Å²) in [6.45, 7) is 10.4. The number of amides is 1. The van der Waals surface area contributed by atoms with Gasteiger partial charge in [0.15, 0.2) is 0 Å². The molecule has 0 aliphatic rings. The van der Waals surface area contributed by atoms with Crippen LogP contribution in [0.2, 0.25) is 0 Å². The lowest BCUT2D eigenvalue weighted by molar-refractivity contribution is -0.120. The Hall–Kier alpha value is -2.23. The predicted molar refractivity (Wildman–Crippen MR) is 105 cm³/mol. The zero-order valence-electron chi connectivity index (χ0n) is 16.1. The van der Waals surface area contributed by atoms with Crippen molar-refractivity contribution in [2.24, 2.45) is 11.8 Å². The van der Waals surface area contributed by atoms with Crippen LogP contribution >= 0.6 is 0 Å². The van der Waals surface area contributed by atoms with Crippen molar-refractivity contribution in [1.82, 2.24) is 9.97 Å². The number of hydrogen-bond acceptors (Lipinski definition) is 3. The molecule has 0 fully saturated rings. The van der Waals surface area contributed by atoms with Crippen LogP contribution in [0.4, 0.5) is 5.69 Å². The van der Waals surface area contributed by atoms with E-state index in [1.54, 1.807) is 12.4 Å². The first-order valence-corrected chi connectivity index (χ1v) is 9.28. The molecular weight excluding hydrogens is 310 g/mol. The Morgan fingerprint density at radius 3 is 2.28 bits per heavy atom. The standard InChI is InChI=1S/C19H25N3O.C2H6/c1-4-15(9-8-14(2)3)19(23)22-16-10-11-18(21-13-16)17-7-5-6-12-20-17;1-2/h5-7,10-15H,4,8-9H2,1-3H3,(H,22,23);1-2H3. The van der Waals surface area contributed by atoms with E-state index in [1.165, 1.54) is 0 Å². The normalized spacial score (nSPS) is 11.4. The topological polar surface area (TPSA) is 54.9 Å². The molecule has 136 valence electrons. The Morgan fingerprint density at radius 1 is 1.04 bits per heavy atom. The van der Waals surface area contributed by atoms with E-state index in [0.29, 0.717) is 5.92 Å². The summed E-state index contributed by atoms with van der Waals surface area (Å²) in [6, 6.07) is 9.48. The summed E-state index contributed by atoms with van der Waals surface area (Å²) < 4.78 is 0. The van der Waals surface area contributed by atoms with E-state index in [9.17, 15) is 4.79 Å². The van der Waals surface area contributed by atoms with Gasteiger partial charge in [-0.15, -0.1) is 0 Å². The minimum absolute atomic E-state index is 0.0628. The summed E-state index contributed by atoms with van der Waals surface area (Å²) >= 11 is 0. The van der Waals surface area contributed by atoms with Gasteiger partial charge in [0.25, 0.3) is 0 Å². The molecule has 0 radical (unpaired) electrons. The molecule has 0 aliphatic carbocycles. The molecule has 4 nitrogen and oxygen atoms in total. The molecule has 2 rings (SSSR count). The molecule has 0 saturated heterocycles. The predicted octanol–water partition coefficient (Wildman–Crippen LogP) is 5.57. The van der Waals surface area contributed by atoms with Crippen LogP contribution in [-0.2, 0) is 4.79 Å². The lowest BCUT2D eigenvalue weighted by Crippen LogP contribution is -2.22. The third-order valence-corrected chi connectivity index (χ3v) is 3.91. The summed E-state index contributed by atoms with van der Waals surface area (Å²) in [4.78, 5) is 21.0. The number of rotatable bonds is 7. The average Bonchev–Trinajstić information content (AvgIpc) is 2.65. The first-order valence-electron chi connectivity index (χ1n) is 9.28. The van der Waals surface area contributed by atoms with E-state index >= 15 is 0 Å². The van der Waals surface area contributed by atoms with Gasteiger partial charge in [0.2, 0.25) is 5.91 Å². The van der Waals surface area contributed by atoms with E-state index < -0.39 is 0 Å². The van der Waals surface area contributed by atoms with Gasteiger partial charge >= 0.3 is 0 Å². The van der Waals surface area contributed by atoms with Crippen LogP contribution in [0, 0.1) is 11.8 Å². The largest absolute Gasteiger partial charge is 0.324 e. The number of nitrogens with zero attached hydrogens (tertiary/aromatic N) is 2. The van der Waals surface area contributed by atoms with Crippen molar-refractivity contribution in [2.75, 3.05) is 5.32 Å². The van der Waals surface area contributed by atoms with Crippen LogP contribution in [0.5, 0.6) is 0 Å². The number of nitrogens with one attached hydrogen (secondary N) is 1. The van der Waals surface area contributed by atoms with Crippen LogP contribution in [0.1, 0.15) is 53.9 Å². The Labute approximate surface area is 152 Å². The highest BCUT2D eigenvalue weighted by Crippen LogP contribution is 2.19. The number of carbonyl (C=O) groups is 1. The van der Waals surface area contributed by atoms with Gasteiger partial charge < -0.3 is 5.32 Å². The van der Waals surface area contributed by atoms with Crippen LogP contribution in [0.25, 0.3) is 11.4 Å². The molecular formula is C21H31N3O. The second kappa shape index (κ2) is 11.3. The fraction of sp³-hybridized carbons (Fsp3) is 0.476. The quantitative estimate of drug-likeness (QED) is 0.716. The number of anilines is 1. The number of pyridine rings is 2. The molecule has 1 unspecified atom stereocenters. The molecule has 0 saturated carbocycles. The fourth-order valence-corrected chi connectivity index (χ4v) is 2.43. The van der Waals surface area contributed by atoms with E-state index in [2.05, 4.69) is 36.1 Å². The van der Waals surface area contributed by atoms with Crippen molar-refractivity contribution in [1.29, 1.82) is 0 Å². The van der Waals surface area contributed by atoms with Crippen molar-refractivity contribution >= 4 is 11.6 Å². The lowest BCUT2D eigenvalue weighted by Gasteiger charge is -2.16. The molecule has 0 bridgehead atoms. The third kappa shape index (κ3) is 7.04. The lowest BCUT2D eigenvalue weighted by atomic mass is 9.95. The van der Waals surface area contributed by atoms with Gasteiger partial charge in [0.1, 0.15) is 0 Å². The summed E-state index contributed by atoms with van der Waals surface area (Å²) in [5.41, 5.74) is 2.36. The molecule has 1 atom stereocenters. The minimum atomic E-state index is 0.0628. The summed E-state index contributed by atoms with van der Waals surface area (Å²) in [7, 11) is 0. The van der Waals surface area contributed by atoms with Gasteiger partial charge in [-0.25, -0.2) is 0 Å². The van der Waals surface area contributed by atoms with Crippen LogP contribution in [0.15, 0.2) is 42.7 Å². The van der Waals surface area contributed by atoms with Gasteiger partial charge in [0, 0.05) is 12.1 Å². The van der Waals surface area contributed by atoms with Crippen LogP contribution < -0.4 is 5.32 Å². The van der Waals surface area contributed by atoms with E-state index in [0.717, 1.165) is 36.3 Å². The second-order valence-corrected chi connectivity index (χ2v) is 6.21. The zero-order valence-corrected chi connectivity index (χ0v) is 16.1. The molecule has 4 heteroatoms. The molecule has 0 aliphatic heterocycles. The number of carbonyl (C=O) groups excluding carboxylic acids is 1. The Morgan fingerprint density at radius 2 is 1.76 bits per heavy atom. The molecule has 2 heterocycles. The summed E-state index contributed by atoms with van der Waals surface area (Å²) in [6.07, 6.45) is 6.30. The van der Waals surface area contributed by atoms with Gasteiger partial charge in [-0.2, -0.15) is 0 Å². The van der Waals surface area contributed by atoms with Crippen LogP contribution in [-0.4, -0.2) is 15.9 Å². The maximum atomic E-state index is 12.4. The van der Waals surface area contributed by atoms with Gasteiger partial charge in [-0.3, -0.25) is 14.8 Å². The third-order valence-electron chi connectivity index (χ3n) is 3.91. The highest BCUT2D eigenvalue weighted by atomic mass is 16.1. The molecule has 1 amide bonds. The first-order chi connectivity index (χ1) is 12.1. The summed E-state index contributed by atoms with van der Waals surface area (Å²) in [5, 5.41) is 2.97. The summed E-state index contributed by atoms with van der Waals surface area (Å²) in [5.74, 6) is 0.768. The van der Waals surface area contributed by atoms with Crippen molar-refractivity contribution in [2.45, 2.75) is 53.9 Å². The molecule has 2 aromatic heterocycles. The van der Waals surface area contributed by atoms with Crippen molar-refractivity contribution in [3.05, 3.63) is 42.7 Å². The highest BCUT2D eigenvalue weighted by Gasteiger charge is 2.17. The number of aromatic nitrogens is 2. The smallest absolute Gasteiger partial charge is 0.227 e. The van der Waals surface area contributed by atoms with Gasteiger partial charge in [-0.1, -0.05) is 47.1 Å². The Kier molecular flexibility index (Phi) is 9.45. The first kappa shape index (κ1) is 20.8. The average molecular weight is 341 g/mol. The SMILES string of the molecule is CC.CCC(CCC(C)C)C(=O)Nc1ccc(-c2ccccn2)nc1. The maximum absolute atomic E-state index is 12.4. The maximum Gasteiger partial charge on any atom is 0.227 e. The molecule has 25 heavy (non-hydrogen) atoms. The molecule has 0 aromatic carbocycles. The van der Waals surface area contributed by atoms with Gasteiger partial charge in [0.05, 0.1) is 23.3 Å². The molecule has 2 aromatic rings. The van der Waals surface area contributed by atoms with E-state index in [-0.39, 0.29) is 11.8 Å². The van der Waals surface area contributed by atoms with Crippen molar-refractivity contribution in [3.63, 3.8) is 0 Å². The second-order valence-electron chi connectivity index (χ2n) is 6.21. The molecule has 1 N–H and O–H groups in total. The zero-order chi connectivity index (χ0) is 18.7. The Balaban J connectivity index is 0.00000151. The van der Waals surface area contributed by atoms with Crippen LogP contribution in [0.3, 0.4) is 0 Å². The van der Waals surface area contributed by atoms with Gasteiger partial charge in [-0.05, 0) is 43.0 Å². The fourth-order valence-electron chi connectivity index (χ4n) is 2.43. The molecule has 0 spiro atoms. The minimum Gasteiger partial charge on any atom is -0.324 e. The monoisotopic (exact) mass is 341 g/mol. The van der Waals surface area contributed by atoms with Crippen molar-refractivity contribution < 1.29 is 4.79 Å². The number of hydrogen-bond donors (Lipinski definition) is 1.